The van der Waals surface area contributed by atoms with Crippen LogP contribution in [-0.4, -0.2) is 31.1 Å². The maximum atomic E-state index is 13.0. The van der Waals surface area contributed by atoms with Gasteiger partial charge in [-0.05, 0) is 43.4 Å². The first kappa shape index (κ1) is 18.0. The number of methoxy groups -OCH3 is 2. The van der Waals surface area contributed by atoms with Gasteiger partial charge >= 0.3 is 0 Å². The molecule has 0 aliphatic heterocycles. The second-order valence-electron chi connectivity index (χ2n) is 7.73. The molecular weight excluding hydrogens is 342 g/mol. The molecule has 1 amide bonds. The first-order valence-corrected chi connectivity index (χ1v) is 9.68. The van der Waals surface area contributed by atoms with Crippen molar-refractivity contribution in [2.75, 3.05) is 14.2 Å². The van der Waals surface area contributed by atoms with E-state index in [0.29, 0.717) is 36.6 Å². The molecule has 2 atom stereocenters. The van der Waals surface area contributed by atoms with Gasteiger partial charge in [-0.2, -0.15) is 0 Å². The first-order chi connectivity index (χ1) is 13.1. The fraction of sp³-hybridized carbons (Fsp3) is 0.500. The van der Waals surface area contributed by atoms with Crippen LogP contribution in [0.4, 0.5) is 0 Å². The van der Waals surface area contributed by atoms with Crippen LogP contribution in [0.25, 0.3) is 0 Å². The van der Waals surface area contributed by atoms with Crippen LogP contribution in [0.3, 0.4) is 0 Å². The van der Waals surface area contributed by atoms with Gasteiger partial charge in [-0.15, -0.1) is 0 Å². The summed E-state index contributed by atoms with van der Waals surface area (Å²) in [6, 6.07) is 10.0. The lowest BCUT2D eigenvalue weighted by atomic mass is 10.1. The number of ether oxygens (including phenoxy) is 2. The van der Waals surface area contributed by atoms with Gasteiger partial charge in [0.1, 0.15) is 23.0 Å². The molecular formula is C22H27NO4. The molecule has 2 aromatic rings. The van der Waals surface area contributed by atoms with E-state index in [1.54, 1.807) is 14.2 Å². The normalized spacial score (nSPS) is 21.0. The van der Waals surface area contributed by atoms with E-state index in [0.717, 1.165) is 35.7 Å². The maximum Gasteiger partial charge on any atom is 0.227 e. The van der Waals surface area contributed by atoms with Crippen molar-refractivity contribution in [3.8, 4) is 11.5 Å². The minimum absolute atomic E-state index is 0.110. The third kappa shape index (κ3) is 3.97. The molecule has 0 N–H and O–H groups in total. The highest BCUT2D eigenvalue weighted by molar-refractivity contribution is 5.80. The SMILES string of the molecule is COc1ccc(CC(=O)N(Cc2ccc(C3CC3C)o2)C2CC2)c(OC)c1. The summed E-state index contributed by atoms with van der Waals surface area (Å²) in [6.07, 6.45) is 3.66. The summed E-state index contributed by atoms with van der Waals surface area (Å²) in [5.74, 6) is 4.74. The molecule has 2 unspecified atom stereocenters. The van der Waals surface area contributed by atoms with E-state index in [-0.39, 0.29) is 5.91 Å². The van der Waals surface area contributed by atoms with Crippen molar-refractivity contribution in [2.45, 2.75) is 51.1 Å². The van der Waals surface area contributed by atoms with Crippen LogP contribution in [0.1, 0.15) is 49.2 Å². The van der Waals surface area contributed by atoms with Crippen molar-refractivity contribution < 1.29 is 18.7 Å². The van der Waals surface area contributed by atoms with Crippen LogP contribution >= 0.6 is 0 Å². The van der Waals surface area contributed by atoms with Crippen LogP contribution in [0.5, 0.6) is 11.5 Å². The number of hydrogen-bond donors (Lipinski definition) is 0. The zero-order chi connectivity index (χ0) is 19.0. The summed E-state index contributed by atoms with van der Waals surface area (Å²) in [5, 5.41) is 0. The Hall–Kier alpha value is -2.43. The lowest BCUT2D eigenvalue weighted by molar-refractivity contribution is -0.132. The van der Waals surface area contributed by atoms with Crippen molar-refractivity contribution in [2.24, 2.45) is 5.92 Å². The van der Waals surface area contributed by atoms with Gasteiger partial charge in [0, 0.05) is 23.6 Å². The minimum atomic E-state index is 0.110. The Bertz CT molecular complexity index is 823. The molecule has 27 heavy (non-hydrogen) atoms. The Morgan fingerprint density at radius 1 is 1.19 bits per heavy atom. The van der Waals surface area contributed by atoms with Crippen molar-refractivity contribution in [3.63, 3.8) is 0 Å². The molecule has 1 heterocycles. The van der Waals surface area contributed by atoms with Crippen molar-refractivity contribution in [3.05, 3.63) is 47.4 Å². The number of furan rings is 1. The van der Waals surface area contributed by atoms with Gasteiger partial charge in [-0.3, -0.25) is 4.79 Å². The van der Waals surface area contributed by atoms with Gasteiger partial charge in [0.05, 0.1) is 27.2 Å². The fourth-order valence-electron chi connectivity index (χ4n) is 3.63. The Morgan fingerprint density at radius 2 is 1.96 bits per heavy atom. The summed E-state index contributed by atoms with van der Waals surface area (Å²) in [6.45, 7) is 2.79. The predicted octanol–water partition coefficient (Wildman–Crippen LogP) is 4.15. The Morgan fingerprint density at radius 3 is 2.59 bits per heavy atom. The fourth-order valence-corrected chi connectivity index (χ4v) is 3.63. The molecule has 2 saturated carbocycles. The van der Waals surface area contributed by atoms with E-state index in [1.807, 2.05) is 29.2 Å². The van der Waals surface area contributed by atoms with Gasteiger partial charge in [-0.25, -0.2) is 0 Å². The number of carbonyl (C=O) groups is 1. The number of nitrogens with zero attached hydrogens (tertiary/aromatic N) is 1. The second kappa shape index (κ2) is 7.29. The lowest BCUT2D eigenvalue weighted by Gasteiger charge is -2.22. The van der Waals surface area contributed by atoms with E-state index in [1.165, 1.54) is 6.42 Å². The van der Waals surface area contributed by atoms with Crippen molar-refractivity contribution in [1.29, 1.82) is 0 Å². The second-order valence-corrected chi connectivity index (χ2v) is 7.73. The highest BCUT2D eigenvalue weighted by atomic mass is 16.5. The van der Waals surface area contributed by atoms with Crippen molar-refractivity contribution in [1.82, 2.24) is 4.90 Å². The summed E-state index contributed by atoms with van der Waals surface area (Å²) in [5.41, 5.74) is 0.876. The van der Waals surface area contributed by atoms with Crippen LogP contribution in [-0.2, 0) is 17.8 Å². The molecule has 0 bridgehead atoms. The quantitative estimate of drug-likeness (QED) is 0.701. The number of carbonyl (C=O) groups excluding carboxylic acids is 1. The molecule has 5 heteroatoms. The van der Waals surface area contributed by atoms with E-state index in [9.17, 15) is 4.79 Å². The molecule has 1 aromatic heterocycles. The molecule has 0 spiro atoms. The van der Waals surface area contributed by atoms with E-state index >= 15 is 0 Å². The van der Waals surface area contributed by atoms with E-state index in [4.69, 9.17) is 13.9 Å². The standard InChI is InChI=1S/C22H27NO4/c1-14-10-19(14)20-9-8-18(27-20)13-23(16-5-6-16)22(24)11-15-4-7-17(25-2)12-21(15)26-3/h4,7-9,12,14,16,19H,5-6,10-11,13H2,1-3H3. The number of hydrogen-bond acceptors (Lipinski definition) is 4. The highest BCUT2D eigenvalue weighted by Crippen LogP contribution is 2.47. The highest BCUT2D eigenvalue weighted by Gasteiger charge is 2.37. The zero-order valence-electron chi connectivity index (χ0n) is 16.2. The average molecular weight is 369 g/mol. The molecule has 0 saturated heterocycles. The number of amides is 1. The van der Waals surface area contributed by atoms with Gasteiger partial charge < -0.3 is 18.8 Å². The van der Waals surface area contributed by atoms with E-state index < -0.39 is 0 Å². The van der Waals surface area contributed by atoms with E-state index in [2.05, 4.69) is 13.0 Å². The van der Waals surface area contributed by atoms with Gasteiger partial charge in [0.2, 0.25) is 5.91 Å². The third-order valence-corrected chi connectivity index (χ3v) is 5.63. The predicted molar refractivity (Wildman–Crippen MR) is 102 cm³/mol. The summed E-state index contributed by atoms with van der Waals surface area (Å²) in [4.78, 5) is 15.0. The monoisotopic (exact) mass is 369 g/mol. The molecule has 1 aromatic carbocycles. The topological polar surface area (TPSA) is 51.9 Å². The Kier molecular flexibility index (Phi) is 4.85. The van der Waals surface area contributed by atoms with Gasteiger partial charge in [0.25, 0.3) is 0 Å². The molecule has 2 aliphatic rings. The lowest BCUT2D eigenvalue weighted by Crippen LogP contribution is -2.33. The Labute approximate surface area is 160 Å². The number of benzene rings is 1. The van der Waals surface area contributed by atoms with Crippen molar-refractivity contribution >= 4 is 5.91 Å². The smallest absolute Gasteiger partial charge is 0.227 e. The number of rotatable bonds is 8. The summed E-state index contributed by atoms with van der Waals surface area (Å²) in [7, 11) is 3.24. The average Bonchev–Trinajstić information content (AvgIpc) is 3.60. The molecule has 0 radical (unpaired) electrons. The maximum absolute atomic E-state index is 13.0. The third-order valence-electron chi connectivity index (χ3n) is 5.63. The summed E-state index contributed by atoms with van der Waals surface area (Å²) < 4.78 is 16.7. The van der Waals surface area contributed by atoms with Crippen LogP contribution < -0.4 is 9.47 Å². The zero-order valence-corrected chi connectivity index (χ0v) is 16.2. The molecule has 2 fully saturated rings. The van der Waals surface area contributed by atoms with Gasteiger partial charge in [-0.1, -0.05) is 13.0 Å². The van der Waals surface area contributed by atoms with Gasteiger partial charge in [0.15, 0.2) is 0 Å². The van der Waals surface area contributed by atoms with Crippen LogP contribution in [0, 0.1) is 5.92 Å². The molecule has 4 rings (SSSR count). The molecule has 5 nitrogen and oxygen atoms in total. The Balaban J connectivity index is 1.46. The minimum Gasteiger partial charge on any atom is -0.497 e. The summed E-state index contributed by atoms with van der Waals surface area (Å²) >= 11 is 0. The van der Waals surface area contributed by atoms with Crippen LogP contribution in [0.15, 0.2) is 34.7 Å². The first-order valence-electron chi connectivity index (χ1n) is 9.68. The van der Waals surface area contributed by atoms with Crippen LogP contribution in [0.2, 0.25) is 0 Å². The largest absolute Gasteiger partial charge is 0.497 e. The molecule has 2 aliphatic carbocycles. The molecule has 144 valence electrons.